The molecule has 0 aliphatic heterocycles. The van der Waals surface area contributed by atoms with E-state index in [1.165, 1.54) is 28.0 Å². The molecule has 0 unspecified atom stereocenters. The first-order chi connectivity index (χ1) is 5.83. The quantitative estimate of drug-likeness (QED) is 0.726. The third-order valence-electron chi connectivity index (χ3n) is 2.06. The SMILES string of the molecule is CCc1cccc(CC)c1SN. The van der Waals surface area contributed by atoms with Crippen molar-refractivity contribution in [2.24, 2.45) is 5.14 Å². The lowest BCUT2D eigenvalue weighted by atomic mass is 10.1. The van der Waals surface area contributed by atoms with Crippen molar-refractivity contribution in [3.8, 4) is 0 Å². The van der Waals surface area contributed by atoms with Crippen LogP contribution in [0.3, 0.4) is 0 Å². The molecule has 0 spiro atoms. The minimum Gasteiger partial charge on any atom is -0.274 e. The number of hydrogen-bond acceptors (Lipinski definition) is 2. The summed E-state index contributed by atoms with van der Waals surface area (Å²) in [5.74, 6) is 0. The molecule has 0 radical (unpaired) electrons. The van der Waals surface area contributed by atoms with Gasteiger partial charge in [-0.15, -0.1) is 0 Å². The molecule has 0 fully saturated rings. The average molecular weight is 181 g/mol. The zero-order valence-corrected chi connectivity index (χ0v) is 8.45. The van der Waals surface area contributed by atoms with Crippen molar-refractivity contribution in [1.29, 1.82) is 0 Å². The van der Waals surface area contributed by atoms with Crippen molar-refractivity contribution >= 4 is 11.9 Å². The van der Waals surface area contributed by atoms with Crippen LogP contribution in [0.2, 0.25) is 0 Å². The lowest BCUT2D eigenvalue weighted by Gasteiger charge is -2.08. The summed E-state index contributed by atoms with van der Waals surface area (Å²) >= 11 is 1.37. The largest absolute Gasteiger partial charge is 0.274 e. The lowest BCUT2D eigenvalue weighted by molar-refractivity contribution is 1.01. The first-order valence-electron chi connectivity index (χ1n) is 4.31. The number of nitrogens with two attached hydrogens (primary N) is 1. The van der Waals surface area contributed by atoms with Gasteiger partial charge in [-0.25, -0.2) is 0 Å². The van der Waals surface area contributed by atoms with Gasteiger partial charge in [0.1, 0.15) is 0 Å². The van der Waals surface area contributed by atoms with Gasteiger partial charge in [0.2, 0.25) is 0 Å². The van der Waals surface area contributed by atoms with E-state index in [2.05, 4.69) is 32.0 Å². The maximum Gasteiger partial charge on any atom is 0.0289 e. The summed E-state index contributed by atoms with van der Waals surface area (Å²) in [4.78, 5) is 1.27. The molecule has 1 nitrogen and oxygen atoms in total. The molecule has 0 aliphatic rings. The highest BCUT2D eigenvalue weighted by atomic mass is 32.2. The van der Waals surface area contributed by atoms with Gasteiger partial charge in [-0.1, -0.05) is 32.0 Å². The Morgan fingerprint density at radius 3 is 2.00 bits per heavy atom. The molecule has 0 saturated carbocycles. The van der Waals surface area contributed by atoms with E-state index >= 15 is 0 Å². The second-order valence-electron chi connectivity index (χ2n) is 2.73. The molecule has 1 aromatic carbocycles. The van der Waals surface area contributed by atoms with Crippen LogP contribution in [0, 0.1) is 0 Å². The monoisotopic (exact) mass is 181 g/mol. The highest BCUT2D eigenvalue weighted by Crippen LogP contribution is 2.23. The van der Waals surface area contributed by atoms with Crippen molar-refractivity contribution in [2.45, 2.75) is 31.6 Å². The van der Waals surface area contributed by atoms with Crippen LogP contribution < -0.4 is 5.14 Å². The van der Waals surface area contributed by atoms with Gasteiger partial charge in [0.25, 0.3) is 0 Å². The van der Waals surface area contributed by atoms with Crippen LogP contribution in [0.1, 0.15) is 25.0 Å². The van der Waals surface area contributed by atoms with Crippen molar-refractivity contribution in [3.05, 3.63) is 29.3 Å². The Labute approximate surface area is 78.5 Å². The van der Waals surface area contributed by atoms with Crippen LogP contribution in [0.5, 0.6) is 0 Å². The normalized spacial score (nSPS) is 10.2. The molecule has 2 N–H and O–H groups in total. The average Bonchev–Trinajstić information content (AvgIpc) is 2.16. The lowest BCUT2D eigenvalue weighted by Crippen LogP contribution is -1.94. The zero-order chi connectivity index (χ0) is 8.97. The fourth-order valence-electron chi connectivity index (χ4n) is 1.35. The zero-order valence-electron chi connectivity index (χ0n) is 7.63. The van der Waals surface area contributed by atoms with Crippen LogP contribution in [-0.4, -0.2) is 0 Å². The molecule has 0 atom stereocenters. The Bertz CT molecular complexity index is 236. The van der Waals surface area contributed by atoms with Crippen molar-refractivity contribution in [2.75, 3.05) is 0 Å². The molecule has 0 aromatic heterocycles. The van der Waals surface area contributed by atoms with Gasteiger partial charge in [-0.3, -0.25) is 5.14 Å². The van der Waals surface area contributed by atoms with Gasteiger partial charge in [0.05, 0.1) is 0 Å². The van der Waals surface area contributed by atoms with Gasteiger partial charge >= 0.3 is 0 Å². The Hall–Kier alpha value is -0.470. The molecule has 12 heavy (non-hydrogen) atoms. The van der Waals surface area contributed by atoms with E-state index in [-0.39, 0.29) is 0 Å². The van der Waals surface area contributed by atoms with E-state index in [4.69, 9.17) is 5.14 Å². The molecular formula is C10H15NS. The molecule has 0 aliphatic carbocycles. The molecule has 66 valence electrons. The predicted molar refractivity (Wildman–Crippen MR) is 55.2 cm³/mol. The van der Waals surface area contributed by atoms with Gasteiger partial charge in [0.15, 0.2) is 0 Å². The Morgan fingerprint density at radius 1 is 1.17 bits per heavy atom. The van der Waals surface area contributed by atoms with E-state index in [9.17, 15) is 0 Å². The summed E-state index contributed by atoms with van der Waals surface area (Å²) in [6.07, 6.45) is 2.13. The molecule has 0 bridgehead atoms. The van der Waals surface area contributed by atoms with Crippen LogP contribution in [-0.2, 0) is 12.8 Å². The van der Waals surface area contributed by atoms with E-state index in [0.717, 1.165) is 12.8 Å². The van der Waals surface area contributed by atoms with Gasteiger partial charge in [-0.2, -0.15) is 0 Å². The summed E-state index contributed by atoms with van der Waals surface area (Å²) in [6.45, 7) is 4.32. The van der Waals surface area contributed by atoms with Gasteiger partial charge in [0, 0.05) is 4.90 Å². The van der Waals surface area contributed by atoms with E-state index < -0.39 is 0 Å². The first-order valence-corrected chi connectivity index (χ1v) is 5.18. The summed E-state index contributed by atoms with van der Waals surface area (Å²) in [5, 5.41) is 5.62. The molecule has 2 heteroatoms. The minimum absolute atomic E-state index is 1.06. The number of hydrogen-bond donors (Lipinski definition) is 1. The van der Waals surface area contributed by atoms with Crippen LogP contribution in [0.15, 0.2) is 23.1 Å². The molecule has 0 heterocycles. The van der Waals surface area contributed by atoms with Crippen molar-refractivity contribution in [1.82, 2.24) is 0 Å². The Balaban J connectivity index is 3.13. The number of benzene rings is 1. The van der Waals surface area contributed by atoms with Crippen molar-refractivity contribution in [3.63, 3.8) is 0 Å². The Kier molecular flexibility index (Phi) is 3.63. The fraction of sp³-hybridized carbons (Fsp3) is 0.400. The standard InChI is InChI=1S/C10H15NS/c1-3-8-6-5-7-9(4-2)10(8)12-11/h5-7H,3-4,11H2,1-2H3. The fourth-order valence-corrected chi connectivity index (χ4v) is 2.07. The summed E-state index contributed by atoms with van der Waals surface area (Å²) in [6, 6.07) is 6.40. The van der Waals surface area contributed by atoms with Crippen LogP contribution >= 0.6 is 11.9 Å². The van der Waals surface area contributed by atoms with E-state index in [0.29, 0.717) is 0 Å². The van der Waals surface area contributed by atoms with E-state index in [1.54, 1.807) is 0 Å². The molecule has 1 aromatic rings. The summed E-state index contributed by atoms with van der Waals surface area (Å²) < 4.78 is 0. The van der Waals surface area contributed by atoms with Gasteiger partial charge in [-0.05, 0) is 35.9 Å². The van der Waals surface area contributed by atoms with E-state index in [1.807, 2.05) is 0 Å². The summed E-state index contributed by atoms with van der Waals surface area (Å²) in [5.41, 5.74) is 2.73. The van der Waals surface area contributed by atoms with Crippen molar-refractivity contribution < 1.29 is 0 Å². The molecule has 1 rings (SSSR count). The van der Waals surface area contributed by atoms with Crippen LogP contribution in [0.25, 0.3) is 0 Å². The maximum atomic E-state index is 5.62. The highest BCUT2D eigenvalue weighted by Gasteiger charge is 2.03. The smallest absolute Gasteiger partial charge is 0.0289 e. The minimum atomic E-state index is 1.06. The predicted octanol–water partition coefficient (Wildman–Crippen LogP) is 2.78. The molecule has 0 saturated heterocycles. The summed E-state index contributed by atoms with van der Waals surface area (Å²) in [7, 11) is 0. The number of aryl methyl sites for hydroxylation is 2. The molecule has 0 amide bonds. The third-order valence-corrected chi connectivity index (χ3v) is 2.82. The van der Waals surface area contributed by atoms with Gasteiger partial charge < -0.3 is 0 Å². The third kappa shape index (κ3) is 1.82. The maximum absolute atomic E-state index is 5.62. The highest BCUT2D eigenvalue weighted by molar-refractivity contribution is 7.97. The van der Waals surface area contributed by atoms with Crippen LogP contribution in [0.4, 0.5) is 0 Å². The Morgan fingerprint density at radius 2 is 1.67 bits per heavy atom. The second kappa shape index (κ2) is 4.53. The second-order valence-corrected chi connectivity index (χ2v) is 3.37. The number of rotatable bonds is 3. The first kappa shape index (κ1) is 9.62. The molecular weight excluding hydrogens is 166 g/mol. The topological polar surface area (TPSA) is 26.0 Å².